The Bertz CT molecular complexity index is 540. The van der Waals surface area contributed by atoms with Gasteiger partial charge in [0.25, 0.3) is 0 Å². The summed E-state index contributed by atoms with van der Waals surface area (Å²) < 4.78 is 12.3. The molecule has 1 rings (SSSR count). The third kappa shape index (κ3) is 4.58. The van der Waals surface area contributed by atoms with Gasteiger partial charge in [-0.3, -0.25) is 4.79 Å². The average molecular weight is 285 g/mol. The van der Waals surface area contributed by atoms with E-state index in [1.807, 2.05) is 0 Å². The van der Waals surface area contributed by atoms with Crippen LogP contribution in [0.25, 0.3) is 6.08 Å². The first-order chi connectivity index (χ1) is 8.52. The van der Waals surface area contributed by atoms with Crippen LogP contribution in [0.1, 0.15) is 5.56 Å². The Morgan fingerprint density at radius 2 is 1.94 bits per heavy atom. The van der Waals surface area contributed by atoms with E-state index in [1.54, 1.807) is 6.07 Å². The summed E-state index contributed by atoms with van der Waals surface area (Å²) in [5, 5.41) is 10.8. The van der Waals surface area contributed by atoms with E-state index < -0.39 is 5.91 Å². The van der Waals surface area contributed by atoms with Crippen molar-refractivity contribution in [2.75, 3.05) is 0 Å². The molecule has 0 radical (unpaired) electrons. The number of rotatable bonds is 3. The fourth-order valence-electron chi connectivity index (χ4n) is 1.03. The lowest BCUT2D eigenvalue weighted by Gasteiger charge is -1.98. The smallest absolute Gasteiger partial charge is 0.248 e. The minimum atomic E-state index is -0.560. The zero-order chi connectivity index (χ0) is 13.5. The first kappa shape index (κ1) is 14.2. The van der Waals surface area contributed by atoms with Gasteiger partial charge in [0, 0.05) is 6.08 Å². The van der Waals surface area contributed by atoms with E-state index in [9.17, 15) is 9.18 Å². The lowest BCUT2D eigenvalue weighted by Crippen LogP contribution is -2.19. The summed E-state index contributed by atoms with van der Waals surface area (Å²) in [4.78, 5) is 11.4. The van der Waals surface area contributed by atoms with Crippen LogP contribution < -0.4 is 5.32 Å². The number of nitriles is 1. The van der Waals surface area contributed by atoms with E-state index in [1.165, 1.54) is 36.4 Å². The topological polar surface area (TPSA) is 52.9 Å². The Labute approximate surface area is 113 Å². The van der Waals surface area contributed by atoms with Crippen molar-refractivity contribution in [3.63, 3.8) is 0 Å². The molecule has 0 spiro atoms. The number of hydrogen-bond donors (Lipinski definition) is 1. The van der Waals surface area contributed by atoms with Crippen molar-refractivity contribution >= 4 is 35.2 Å². The Morgan fingerprint density at radius 3 is 2.44 bits per heavy atom. The van der Waals surface area contributed by atoms with E-state index in [4.69, 9.17) is 28.5 Å². The zero-order valence-electron chi connectivity index (χ0n) is 8.95. The first-order valence-corrected chi connectivity index (χ1v) is 5.48. The highest BCUT2D eigenvalue weighted by molar-refractivity contribution is 6.56. The van der Waals surface area contributed by atoms with Crippen molar-refractivity contribution in [2.24, 2.45) is 0 Å². The summed E-state index contributed by atoms with van der Waals surface area (Å²) in [5.74, 6) is -0.921. The number of benzene rings is 1. The molecular formula is C12H7Cl2FN2O. The fraction of sp³-hybridized carbons (Fsp3) is 0. The molecule has 0 aliphatic rings. The minimum absolute atomic E-state index is 0.230. The largest absolute Gasteiger partial charge is 0.312 e. The second kappa shape index (κ2) is 6.80. The van der Waals surface area contributed by atoms with Crippen LogP contribution in [0.3, 0.4) is 0 Å². The number of amides is 1. The van der Waals surface area contributed by atoms with Gasteiger partial charge in [-0.2, -0.15) is 5.26 Å². The Hall–Kier alpha value is -1.83. The van der Waals surface area contributed by atoms with Gasteiger partial charge in [-0.1, -0.05) is 35.3 Å². The minimum Gasteiger partial charge on any atom is -0.312 e. The van der Waals surface area contributed by atoms with Gasteiger partial charge in [-0.25, -0.2) is 4.39 Å². The normalized spacial score (nSPS) is 9.89. The highest BCUT2D eigenvalue weighted by atomic mass is 35.5. The third-order valence-electron chi connectivity index (χ3n) is 1.85. The lowest BCUT2D eigenvalue weighted by atomic mass is 10.2. The molecule has 1 amide bonds. The molecule has 0 aliphatic carbocycles. The maximum Gasteiger partial charge on any atom is 0.248 e. The number of carbonyl (C=O) groups is 1. The molecular weight excluding hydrogens is 278 g/mol. The third-order valence-corrected chi connectivity index (χ3v) is 2.22. The van der Waals surface area contributed by atoms with E-state index in [0.717, 1.165) is 0 Å². The molecule has 0 heterocycles. The van der Waals surface area contributed by atoms with E-state index >= 15 is 0 Å². The van der Waals surface area contributed by atoms with Crippen LogP contribution in [-0.2, 0) is 4.79 Å². The average Bonchev–Trinajstić information content (AvgIpc) is 2.35. The fourth-order valence-corrected chi connectivity index (χ4v) is 1.21. The van der Waals surface area contributed by atoms with Gasteiger partial charge < -0.3 is 5.32 Å². The van der Waals surface area contributed by atoms with Crippen LogP contribution in [-0.4, -0.2) is 5.91 Å². The molecule has 1 N–H and O–H groups in total. The predicted octanol–water partition coefficient (Wildman–Crippen LogP) is 3.13. The van der Waals surface area contributed by atoms with Gasteiger partial charge in [0.05, 0.1) is 0 Å². The molecule has 0 bridgehead atoms. The van der Waals surface area contributed by atoms with Crippen LogP contribution in [0, 0.1) is 17.1 Å². The SMILES string of the molecule is N#CC(NC(=O)C=Cc1ccc(F)cc1)=C(Cl)Cl. The molecule has 1 aromatic rings. The van der Waals surface area contributed by atoms with Crippen molar-refractivity contribution in [1.82, 2.24) is 5.32 Å². The molecule has 0 atom stereocenters. The van der Waals surface area contributed by atoms with Crippen molar-refractivity contribution in [3.8, 4) is 6.07 Å². The van der Waals surface area contributed by atoms with E-state index in [-0.39, 0.29) is 16.0 Å². The zero-order valence-corrected chi connectivity index (χ0v) is 10.5. The van der Waals surface area contributed by atoms with Gasteiger partial charge in [0.15, 0.2) is 5.70 Å². The molecule has 1 aromatic carbocycles. The highest BCUT2D eigenvalue weighted by Gasteiger charge is 2.04. The molecule has 6 heteroatoms. The van der Waals surface area contributed by atoms with E-state index in [0.29, 0.717) is 5.56 Å². The molecule has 0 fully saturated rings. The van der Waals surface area contributed by atoms with Crippen LogP contribution in [0.15, 0.2) is 40.5 Å². The number of allylic oxidation sites excluding steroid dienone is 1. The van der Waals surface area contributed by atoms with Crippen molar-refractivity contribution in [2.45, 2.75) is 0 Å². The van der Waals surface area contributed by atoms with Crippen LogP contribution in [0.2, 0.25) is 0 Å². The molecule has 0 saturated heterocycles. The summed E-state index contributed by atoms with van der Waals surface area (Å²) in [6.07, 6.45) is 2.65. The number of nitrogens with one attached hydrogen (secondary N) is 1. The van der Waals surface area contributed by atoms with E-state index in [2.05, 4.69) is 5.32 Å². The standard InChI is InChI=1S/C12H7Cl2FN2O/c13-12(14)10(7-16)17-11(18)6-3-8-1-4-9(15)5-2-8/h1-6H,(H,17,18). The molecule has 92 valence electrons. The maximum atomic E-state index is 12.6. The molecule has 3 nitrogen and oxygen atoms in total. The Morgan fingerprint density at radius 1 is 1.33 bits per heavy atom. The number of carbonyl (C=O) groups excluding carboxylic acids is 1. The molecule has 0 aliphatic heterocycles. The summed E-state index contributed by atoms with van der Waals surface area (Å²) in [6, 6.07) is 7.20. The molecule has 0 unspecified atom stereocenters. The van der Waals surface area contributed by atoms with Gasteiger partial charge >= 0.3 is 0 Å². The lowest BCUT2D eigenvalue weighted by molar-refractivity contribution is -0.115. The molecule has 0 saturated carbocycles. The number of halogens is 3. The van der Waals surface area contributed by atoms with Gasteiger partial charge in [0.2, 0.25) is 5.91 Å². The molecule has 18 heavy (non-hydrogen) atoms. The Kier molecular flexibility index (Phi) is 5.37. The summed E-state index contributed by atoms with van der Waals surface area (Å²) in [5.41, 5.74) is 0.415. The molecule has 0 aromatic heterocycles. The summed E-state index contributed by atoms with van der Waals surface area (Å²) in [7, 11) is 0. The monoisotopic (exact) mass is 284 g/mol. The second-order valence-corrected chi connectivity index (χ2v) is 4.07. The quantitative estimate of drug-likeness (QED) is 0.685. The number of hydrogen-bond acceptors (Lipinski definition) is 2. The number of nitrogens with zero attached hydrogens (tertiary/aromatic N) is 1. The Balaban J connectivity index is 2.69. The van der Waals surface area contributed by atoms with Gasteiger partial charge in [-0.15, -0.1) is 0 Å². The van der Waals surface area contributed by atoms with Crippen molar-refractivity contribution in [3.05, 3.63) is 51.9 Å². The predicted molar refractivity (Wildman–Crippen MR) is 67.9 cm³/mol. The second-order valence-electron chi connectivity index (χ2n) is 3.12. The first-order valence-electron chi connectivity index (χ1n) is 4.73. The maximum absolute atomic E-state index is 12.6. The van der Waals surface area contributed by atoms with Crippen LogP contribution in [0.5, 0.6) is 0 Å². The summed E-state index contributed by atoms with van der Waals surface area (Å²) in [6.45, 7) is 0. The van der Waals surface area contributed by atoms with Crippen molar-refractivity contribution < 1.29 is 9.18 Å². The van der Waals surface area contributed by atoms with Gasteiger partial charge in [-0.05, 0) is 23.8 Å². The van der Waals surface area contributed by atoms with Crippen molar-refractivity contribution in [1.29, 1.82) is 5.26 Å². The highest BCUT2D eigenvalue weighted by Crippen LogP contribution is 2.11. The van der Waals surface area contributed by atoms with Gasteiger partial charge in [0.1, 0.15) is 16.4 Å². The summed E-state index contributed by atoms with van der Waals surface area (Å²) >= 11 is 10.7. The van der Waals surface area contributed by atoms with Crippen LogP contribution >= 0.6 is 23.2 Å². The van der Waals surface area contributed by atoms with Crippen LogP contribution in [0.4, 0.5) is 4.39 Å².